The second-order valence-electron chi connectivity index (χ2n) is 1.46. The predicted octanol–water partition coefficient (Wildman–Crippen LogP) is 0.151. The van der Waals surface area contributed by atoms with Crippen molar-refractivity contribution in [1.29, 1.82) is 0 Å². The number of hydrogen-bond donors (Lipinski definition) is 2. The molecule has 0 unspecified atom stereocenters. The molecule has 8 heavy (non-hydrogen) atoms. The maximum absolute atomic E-state index is 5.31. The monoisotopic (exact) mass is 132 g/mol. The Morgan fingerprint density at radius 3 is 2.50 bits per heavy atom. The van der Waals surface area contributed by atoms with Crippen LogP contribution in [0.2, 0.25) is 0 Å². The molecule has 48 valence electrons. The van der Waals surface area contributed by atoms with Crippen molar-refractivity contribution in [2.75, 3.05) is 18.6 Å². The van der Waals surface area contributed by atoms with Gasteiger partial charge in [0.1, 0.15) is 0 Å². The summed E-state index contributed by atoms with van der Waals surface area (Å²) in [5.41, 5.74) is 11.6. The molecule has 0 aromatic rings. The van der Waals surface area contributed by atoms with E-state index < -0.39 is 0 Å². The first-order valence-electron chi connectivity index (χ1n) is 2.43. The standard InChI is InChI=1S/C5H12N2S/c1-8-4-5(2-6)3-7/h2H,3-4,6-7H2,1H3/b5-2+. The molecule has 0 saturated carbocycles. The third-order valence-corrected chi connectivity index (χ3v) is 1.49. The molecule has 0 radical (unpaired) electrons. The summed E-state index contributed by atoms with van der Waals surface area (Å²) < 4.78 is 0. The summed E-state index contributed by atoms with van der Waals surface area (Å²) in [5, 5.41) is 0. The third-order valence-electron chi connectivity index (χ3n) is 0.828. The van der Waals surface area contributed by atoms with E-state index in [0.29, 0.717) is 6.54 Å². The smallest absolute Gasteiger partial charge is 0.0170 e. The molecule has 0 fully saturated rings. The minimum atomic E-state index is 0.581. The van der Waals surface area contributed by atoms with Crippen LogP contribution in [-0.2, 0) is 0 Å². The summed E-state index contributed by atoms with van der Waals surface area (Å²) in [6.07, 6.45) is 3.61. The normalized spacial score (nSPS) is 12.0. The van der Waals surface area contributed by atoms with Gasteiger partial charge in [0.2, 0.25) is 0 Å². The van der Waals surface area contributed by atoms with E-state index in [1.165, 1.54) is 0 Å². The van der Waals surface area contributed by atoms with Crippen LogP contribution < -0.4 is 11.5 Å². The van der Waals surface area contributed by atoms with E-state index in [2.05, 4.69) is 0 Å². The molecule has 0 aliphatic heterocycles. The highest BCUT2D eigenvalue weighted by atomic mass is 32.2. The average Bonchev–Trinajstić information content (AvgIpc) is 1.83. The minimum absolute atomic E-state index is 0.581. The highest BCUT2D eigenvalue weighted by Crippen LogP contribution is 1.99. The fourth-order valence-electron chi connectivity index (χ4n) is 0.360. The molecule has 0 aliphatic carbocycles. The molecule has 0 heterocycles. The van der Waals surface area contributed by atoms with Crippen LogP contribution in [0.3, 0.4) is 0 Å². The van der Waals surface area contributed by atoms with Gasteiger partial charge >= 0.3 is 0 Å². The first kappa shape index (κ1) is 7.85. The number of hydrogen-bond acceptors (Lipinski definition) is 3. The van der Waals surface area contributed by atoms with Crippen molar-refractivity contribution in [1.82, 2.24) is 0 Å². The van der Waals surface area contributed by atoms with Crippen molar-refractivity contribution < 1.29 is 0 Å². The Bertz CT molecular complexity index is 80.5. The quantitative estimate of drug-likeness (QED) is 0.574. The summed E-state index contributed by atoms with van der Waals surface area (Å²) in [7, 11) is 0. The van der Waals surface area contributed by atoms with Gasteiger partial charge in [-0.25, -0.2) is 0 Å². The zero-order valence-corrected chi connectivity index (χ0v) is 5.87. The molecule has 0 rings (SSSR count). The zero-order valence-electron chi connectivity index (χ0n) is 5.05. The van der Waals surface area contributed by atoms with Crippen LogP contribution in [0.5, 0.6) is 0 Å². The molecular formula is C5H12N2S. The highest BCUT2D eigenvalue weighted by molar-refractivity contribution is 7.98. The van der Waals surface area contributed by atoms with Crippen molar-refractivity contribution in [2.45, 2.75) is 0 Å². The van der Waals surface area contributed by atoms with Crippen LogP contribution >= 0.6 is 11.8 Å². The molecule has 2 nitrogen and oxygen atoms in total. The Balaban J connectivity index is 3.38. The van der Waals surface area contributed by atoms with Gasteiger partial charge in [0.25, 0.3) is 0 Å². The van der Waals surface area contributed by atoms with Gasteiger partial charge < -0.3 is 11.5 Å². The van der Waals surface area contributed by atoms with E-state index in [4.69, 9.17) is 11.5 Å². The minimum Gasteiger partial charge on any atom is -0.405 e. The number of nitrogens with two attached hydrogens (primary N) is 2. The fraction of sp³-hybridized carbons (Fsp3) is 0.600. The van der Waals surface area contributed by atoms with Crippen LogP contribution in [0.15, 0.2) is 11.8 Å². The first-order chi connectivity index (χ1) is 3.85. The summed E-state index contributed by atoms with van der Waals surface area (Å²) in [5.74, 6) is 0.951. The second kappa shape index (κ2) is 5.00. The van der Waals surface area contributed by atoms with Gasteiger partial charge in [-0.2, -0.15) is 11.8 Å². The summed E-state index contributed by atoms with van der Waals surface area (Å²) >= 11 is 1.73. The van der Waals surface area contributed by atoms with E-state index in [-0.39, 0.29) is 0 Å². The lowest BCUT2D eigenvalue weighted by atomic mass is 10.3. The largest absolute Gasteiger partial charge is 0.405 e. The van der Waals surface area contributed by atoms with E-state index in [1.54, 1.807) is 18.0 Å². The van der Waals surface area contributed by atoms with Gasteiger partial charge in [0, 0.05) is 12.3 Å². The Kier molecular flexibility index (Phi) is 4.90. The van der Waals surface area contributed by atoms with Gasteiger partial charge in [-0.15, -0.1) is 0 Å². The van der Waals surface area contributed by atoms with Crippen LogP contribution in [-0.4, -0.2) is 18.6 Å². The van der Waals surface area contributed by atoms with Crippen molar-refractivity contribution >= 4 is 11.8 Å². The lowest BCUT2D eigenvalue weighted by molar-refractivity contribution is 1.13. The number of rotatable bonds is 3. The average molecular weight is 132 g/mol. The Morgan fingerprint density at radius 2 is 2.38 bits per heavy atom. The molecule has 0 amide bonds. The Morgan fingerprint density at radius 1 is 1.75 bits per heavy atom. The second-order valence-corrected chi connectivity index (χ2v) is 2.33. The van der Waals surface area contributed by atoms with Crippen LogP contribution in [0.25, 0.3) is 0 Å². The van der Waals surface area contributed by atoms with E-state index in [1.807, 2.05) is 6.26 Å². The third kappa shape index (κ3) is 2.93. The van der Waals surface area contributed by atoms with Crippen LogP contribution in [0.1, 0.15) is 0 Å². The van der Waals surface area contributed by atoms with E-state index >= 15 is 0 Å². The molecule has 0 aromatic carbocycles. The lowest BCUT2D eigenvalue weighted by Gasteiger charge is -1.96. The molecule has 0 atom stereocenters. The molecule has 0 saturated heterocycles. The van der Waals surface area contributed by atoms with Crippen molar-refractivity contribution in [2.24, 2.45) is 11.5 Å². The van der Waals surface area contributed by atoms with Gasteiger partial charge in [0.15, 0.2) is 0 Å². The summed E-state index contributed by atoms with van der Waals surface area (Å²) in [6, 6.07) is 0. The highest BCUT2D eigenvalue weighted by Gasteiger charge is 1.88. The summed E-state index contributed by atoms with van der Waals surface area (Å²) in [4.78, 5) is 0. The first-order valence-corrected chi connectivity index (χ1v) is 3.83. The van der Waals surface area contributed by atoms with Gasteiger partial charge in [-0.1, -0.05) is 0 Å². The van der Waals surface area contributed by atoms with Gasteiger partial charge in [-0.3, -0.25) is 0 Å². The van der Waals surface area contributed by atoms with Gasteiger partial charge in [0.05, 0.1) is 0 Å². The van der Waals surface area contributed by atoms with Crippen molar-refractivity contribution in [3.05, 3.63) is 11.8 Å². The van der Waals surface area contributed by atoms with Crippen molar-refractivity contribution in [3.63, 3.8) is 0 Å². The predicted molar refractivity (Wildman–Crippen MR) is 39.7 cm³/mol. The molecule has 3 heteroatoms. The zero-order chi connectivity index (χ0) is 6.41. The Labute approximate surface area is 54.3 Å². The van der Waals surface area contributed by atoms with E-state index in [0.717, 1.165) is 11.3 Å². The fourth-order valence-corrected chi connectivity index (χ4v) is 0.945. The molecule has 0 aromatic heterocycles. The van der Waals surface area contributed by atoms with Crippen molar-refractivity contribution in [3.8, 4) is 0 Å². The lowest BCUT2D eigenvalue weighted by Crippen LogP contribution is -2.06. The van der Waals surface area contributed by atoms with Gasteiger partial charge in [-0.05, 0) is 18.0 Å². The molecule has 0 spiro atoms. The topological polar surface area (TPSA) is 52.0 Å². The molecule has 4 N–H and O–H groups in total. The molecule has 0 aliphatic rings. The number of thioether (sulfide) groups is 1. The molecular weight excluding hydrogens is 120 g/mol. The summed E-state index contributed by atoms with van der Waals surface area (Å²) in [6.45, 7) is 0.581. The van der Waals surface area contributed by atoms with Crippen LogP contribution in [0.4, 0.5) is 0 Å². The van der Waals surface area contributed by atoms with E-state index in [9.17, 15) is 0 Å². The SMILES string of the molecule is CSC/C(=C/N)CN. The maximum atomic E-state index is 5.31. The van der Waals surface area contributed by atoms with Crippen LogP contribution in [0, 0.1) is 0 Å². The molecule has 0 bridgehead atoms. The maximum Gasteiger partial charge on any atom is 0.0170 e. The Hall–Kier alpha value is -0.150.